The molecule has 1 unspecified atom stereocenters. The number of nitrogens with one attached hydrogen (secondary N) is 1. The maximum Gasteiger partial charge on any atom is 0.358 e. The van der Waals surface area contributed by atoms with Crippen molar-refractivity contribution in [3.05, 3.63) is 79.8 Å². The number of ether oxygens (including phenoxy) is 2. The van der Waals surface area contributed by atoms with Crippen LogP contribution < -0.4 is 5.32 Å². The molecule has 3 aromatic rings. The second-order valence-corrected chi connectivity index (χ2v) is 10.1. The molecule has 0 saturated heterocycles. The van der Waals surface area contributed by atoms with E-state index < -0.39 is 12.0 Å². The van der Waals surface area contributed by atoms with Gasteiger partial charge in [-0.25, -0.2) is 9.78 Å². The predicted molar refractivity (Wildman–Crippen MR) is 145 cm³/mol. The molecule has 0 amide bonds. The van der Waals surface area contributed by atoms with Gasteiger partial charge in [-0.15, -0.1) is 0 Å². The molecule has 0 aliphatic heterocycles. The Morgan fingerprint density at radius 2 is 1.77 bits per heavy atom. The standard InChI is InChI=1S/C26H30BrCl2N3O3/c1-6-34-25(33)23-24(32(26(27)31-23)17(5)14-35-15(2)3)22(18-8-11-19(28)12-9-18)30-21-13-20(29)10-7-16(21)4/h7-13,15,17,22,30H,6,14H2,1-5H3/t17-,22?/m0/s1. The molecule has 1 N–H and O–H groups in total. The summed E-state index contributed by atoms with van der Waals surface area (Å²) >= 11 is 16.1. The van der Waals surface area contributed by atoms with Gasteiger partial charge in [0.25, 0.3) is 0 Å². The fourth-order valence-electron chi connectivity index (χ4n) is 3.74. The van der Waals surface area contributed by atoms with Gasteiger partial charge in [0.1, 0.15) is 0 Å². The number of hydrogen-bond donors (Lipinski definition) is 1. The Morgan fingerprint density at radius 1 is 1.11 bits per heavy atom. The average molecular weight is 583 g/mol. The molecule has 6 nitrogen and oxygen atoms in total. The maximum absolute atomic E-state index is 13.1. The van der Waals surface area contributed by atoms with E-state index in [-0.39, 0.29) is 24.4 Å². The quantitative estimate of drug-likeness (QED) is 0.249. The molecule has 9 heteroatoms. The average Bonchev–Trinajstić information content (AvgIpc) is 3.15. The predicted octanol–water partition coefficient (Wildman–Crippen LogP) is 7.63. The highest BCUT2D eigenvalue weighted by Crippen LogP contribution is 2.36. The molecule has 0 fully saturated rings. The lowest BCUT2D eigenvalue weighted by atomic mass is 10.00. The van der Waals surface area contributed by atoms with Crippen LogP contribution in [-0.4, -0.2) is 34.8 Å². The Bertz CT molecular complexity index is 1170. The molecule has 0 saturated carbocycles. The molecule has 1 aromatic heterocycles. The number of hydrogen-bond acceptors (Lipinski definition) is 5. The molecule has 35 heavy (non-hydrogen) atoms. The summed E-state index contributed by atoms with van der Waals surface area (Å²) < 4.78 is 13.8. The minimum absolute atomic E-state index is 0.0621. The lowest BCUT2D eigenvalue weighted by Crippen LogP contribution is -2.24. The van der Waals surface area contributed by atoms with Crippen molar-refractivity contribution in [1.82, 2.24) is 9.55 Å². The zero-order chi connectivity index (χ0) is 25.7. The van der Waals surface area contributed by atoms with Crippen molar-refractivity contribution >= 4 is 50.8 Å². The van der Waals surface area contributed by atoms with E-state index in [0.29, 0.717) is 27.1 Å². The van der Waals surface area contributed by atoms with E-state index >= 15 is 0 Å². The van der Waals surface area contributed by atoms with Crippen molar-refractivity contribution in [2.75, 3.05) is 18.5 Å². The van der Waals surface area contributed by atoms with Crippen LogP contribution in [0, 0.1) is 6.92 Å². The van der Waals surface area contributed by atoms with E-state index in [1.165, 1.54) is 0 Å². The summed E-state index contributed by atoms with van der Waals surface area (Å²) in [5.41, 5.74) is 3.61. The van der Waals surface area contributed by atoms with E-state index in [4.69, 9.17) is 32.7 Å². The molecule has 0 bridgehead atoms. The number of aryl methyl sites for hydroxylation is 1. The van der Waals surface area contributed by atoms with Crippen LogP contribution in [0.15, 0.2) is 47.2 Å². The monoisotopic (exact) mass is 581 g/mol. The Kier molecular flexibility index (Phi) is 9.64. The number of esters is 1. The van der Waals surface area contributed by atoms with Crippen molar-refractivity contribution in [2.45, 2.75) is 52.8 Å². The first kappa shape index (κ1) is 27.5. The molecule has 0 aliphatic rings. The molecule has 2 aromatic carbocycles. The lowest BCUT2D eigenvalue weighted by molar-refractivity contribution is 0.0512. The van der Waals surface area contributed by atoms with Gasteiger partial charge in [-0.1, -0.05) is 41.4 Å². The van der Waals surface area contributed by atoms with E-state index in [1.807, 2.05) is 74.7 Å². The number of halogens is 3. The maximum atomic E-state index is 13.1. The number of nitrogens with zero attached hydrogens (tertiary/aromatic N) is 2. The van der Waals surface area contributed by atoms with Crippen molar-refractivity contribution in [1.29, 1.82) is 0 Å². The van der Waals surface area contributed by atoms with Gasteiger partial charge in [0, 0.05) is 15.7 Å². The van der Waals surface area contributed by atoms with Crippen molar-refractivity contribution in [3.63, 3.8) is 0 Å². The second kappa shape index (κ2) is 12.3. The SMILES string of the molecule is CCOC(=O)c1nc(Br)n([C@@H](C)COC(C)C)c1C(Nc1cc(Cl)ccc1C)c1ccc(Cl)cc1. The summed E-state index contributed by atoms with van der Waals surface area (Å²) in [5, 5.41) is 4.81. The topological polar surface area (TPSA) is 65.4 Å². The summed E-state index contributed by atoms with van der Waals surface area (Å²) in [6, 6.07) is 12.6. The summed E-state index contributed by atoms with van der Waals surface area (Å²) in [4.78, 5) is 17.6. The molecule has 0 spiro atoms. The van der Waals surface area contributed by atoms with Crippen LogP contribution in [0.3, 0.4) is 0 Å². The number of carbonyl (C=O) groups excluding carboxylic acids is 1. The summed E-state index contributed by atoms with van der Waals surface area (Å²) in [6.07, 6.45) is 0.0621. The van der Waals surface area contributed by atoms with Crippen LogP contribution >= 0.6 is 39.1 Å². The van der Waals surface area contributed by atoms with Gasteiger partial charge in [-0.3, -0.25) is 0 Å². The fraction of sp³-hybridized carbons (Fsp3) is 0.385. The zero-order valence-corrected chi connectivity index (χ0v) is 23.5. The third-order valence-electron chi connectivity index (χ3n) is 5.46. The number of aromatic nitrogens is 2. The smallest absolute Gasteiger partial charge is 0.358 e. The van der Waals surface area contributed by atoms with Crippen LogP contribution in [0.5, 0.6) is 0 Å². The van der Waals surface area contributed by atoms with Crippen LogP contribution in [0.25, 0.3) is 0 Å². The first-order valence-electron chi connectivity index (χ1n) is 11.5. The molecule has 0 radical (unpaired) electrons. The molecular weight excluding hydrogens is 553 g/mol. The summed E-state index contributed by atoms with van der Waals surface area (Å²) in [5.74, 6) is -0.498. The van der Waals surface area contributed by atoms with Gasteiger partial charge >= 0.3 is 5.97 Å². The second-order valence-electron chi connectivity index (χ2n) is 8.52. The molecule has 1 heterocycles. The lowest BCUT2D eigenvalue weighted by Gasteiger charge is -2.27. The number of anilines is 1. The number of rotatable bonds is 10. The zero-order valence-electron chi connectivity index (χ0n) is 20.4. The van der Waals surface area contributed by atoms with Crippen LogP contribution in [0.1, 0.15) is 67.1 Å². The Balaban J connectivity index is 2.23. The van der Waals surface area contributed by atoms with Gasteiger partial charge in [-0.2, -0.15) is 0 Å². The molecular formula is C26H30BrCl2N3O3. The van der Waals surface area contributed by atoms with Gasteiger partial charge in [-0.05, 0) is 85.9 Å². The molecule has 0 aliphatic carbocycles. The number of imidazole rings is 1. The number of carbonyl (C=O) groups is 1. The van der Waals surface area contributed by atoms with Gasteiger partial charge in [0.05, 0.1) is 37.1 Å². The van der Waals surface area contributed by atoms with Gasteiger partial charge in [0.15, 0.2) is 10.4 Å². The first-order valence-corrected chi connectivity index (χ1v) is 13.0. The van der Waals surface area contributed by atoms with Gasteiger partial charge in [0.2, 0.25) is 0 Å². The number of benzene rings is 2. The van der Waals surface area contributed by atoms with Crippen molar-refractivity contribution in [3.8, 4) is 0 Å². The van der Waals surface area contributed by atoms with Gasteiger partial charge < -0.3 is 19.4 Å². The Labute approximate surface area is 225 Å². The Morgan fingerprint density at radius 3 is 2.40 bits per heavy atom. The van der Waals surface area contributed by atoms with Crippen LogP contribution in [0.4, 0.5) is 5.69 Å². The minimum Gasteiger partial charge on any atom is -0.461 e. The third kappa shape index (κ3) is 6.79. The highest BCUT2D eigenvalue weighted by molar-refractivity contribution is 9.10. The summed E-state index contributed by atoms with van der Waals surface area (Å²) in [6.45, 7) is 10.4. The highest BCUT2D eigenvalue weighted by Gasteiger charge is 2.32. The van der Waals surface area contributed by atoms with Crippen molar-refractivity contribution < 1.29 is 14.3 Å². The normalized spacial score (nSPS) is 13.1. The van der Waals surface area contributed by atoms with E-state index in [0.717, 1.165) is 16.8 Å². The van der Waals surface area contributed by atoms with Crippen molar-refractivity contribution in [2.24, 2.45) is 0 Å². The first-order chi connectivity index (χ1) is 16.6. The van der Waals surface area contributed by atoms with E-state index in [1.54, 1.807) is 6.92 Å². The van der Waals surface area contributed by atoms with E-state index in [9.17, 15) is 4.79 Å². The van der Waals surface area contributed by atoms with E-state index in [2.05, 4.69) is 26.2 Å². The molecule has 3 rings (SSSR count). The molecule has 2 atom stereocenters. The fourth-order valence-corrected chi connectivity index (χ4v) is 4.75. The Hall–Kier alpha value is -2.06. The van der Waals surface area contributed by atoms with Crippen LogP contribution in [0.2, 0.25) is 10.0 Å². The van der Waals surface area contributed by atoms with Crippen LogP contribution in [-0.2, 0) is 9.47 Å². The minimum atomic E-state index is -0.498. The molecule has 188 valence electrons. The summed E-state index contributed by atoms with van der Waals surface area (Å²) in [7, 11) is 0. The largest absolute Gasteiger partial charge is 0.461 e. The third-order valence-corrected chi connectivity index (χ3v) is 6.51. The highest BCUT2D eigenvalue weighted by atomic mass is 79.9.